The van der Waals surface area contributed by atoms with E-state index >= 15 is 0 Å². The van der Waals surface area contributed by atoms with Gasteiger partial charge in [0.05, 0.1) is 6.42 Å². The molecule has 0 bridgehead atoms. The average molecular weight is 335 g/mol. The van der Waals surface area contributed by atoms with Gasteiger partial charge in [0.1, 0.15) is 5.78 Å². The van der Waals surface area contributed by atoms with Crippen LogP contribution < -0.4 is 0 Å². The third kappa shape index (κ3) is 5.19. The summed E-state index contributed by atoms with van der Waals surface area (Å²) in [4.78, 5) is 49.8. The molecule has 9 nitrogen and oxygen atoms in total. The van der Waals surface area contributed by atoms with Crippen LogP contribution in [0.4, 0.5) is 0 Å². The lowest BCUT2D eigenvalue weighted by molar-refractivity contribution is -0.197. The molecule has 1 unspecified atom stereocenters. The molecule has 0 saturated carbocycles. The van der Waals surface area contributed by atoms with Gasteiger partial charge in [-0.1, -0.05) is 6.42 Å². The van der Waals surface area contributed by atoms with E-state index in [9.17, 15) is 27.6 Å². The largest absolute Gasteiger partial charge is 0.333 e. The van der Waals surface area contributed by atoms with E-state index in [1.165, 1.54) is 6.92 Å². The molecule has 1 fully saturated rings. The van der Waals surface area contributed by atoms with E-state index in [2.05, 4.69) is 4.84 Å². The van der Waals surface area contributed by atoms with Gasteiger partial charge in [0.25, 0.3) is 21.9 Å². The van der Waals surface area contributed by atoms with Gasteiger partial charge in [0.2, 0.25) is 0 Å². The van der Waals surface area contributed by atoms with Crippen LogP contribution in [-0.4, -0.2) is 46.9 Å². The molecular formula is C12H17NO8S. The van der Waals surface area contributed by atoms with Crippen molar-refractivity contribution in [1.82, 2.24) is 5.06 Å². The second-order valence-electron chi connectivity index (χ2n) is 4.96. The maximum absolute atomic E-state index is 11.6. The van der Waals surface area contributed by atoms with Crippen LogP contribution in [-0.2, 0) is 34.1 Å². The molecule has 124 valence electrons. The Morgan fingerprint density at radius 3 is 2.32 bits per heavy atom. The summed E-state index contributed by atoms with van der Waals surface area (Å²) in [5.74, 6) is -3.09. The second kappa shape index (κ2) is 7.45. The Hall–Kier alpha value is -1.81. The minimum absolute atomic E-state index is 0.0482. The maximum Gasteiger partial charge on any atom is 0.333 e. The van der Waals surface area contributed by atoms with E-state index in [-0.39, 0.29) is 17.3 Å². The van der Waals surface area contributed by atoms with Gasteiger partial charge in [-0.2, -0.15) is 8.42 Å². The molecule has 1 aliphatic rings. The molecule has 0 spiro atoms. The summed E-state index contributed by atoms with van der Waals surface area (Å²) in [5.41, 5.74) is 0. The number of Topliss-reactive ketones (excluding diaryl/α,β-unsaturated/α-hetero) is 1. The summed E-state index contributed by atoms with van der Waals surface area (Å²) in [6.07, 6.45) is 1.20. The first-order valence-electron chi connectivity index (χ1n) is 6.66. The lowest BCUT2D eigenvalue weighted by Crippen LogP contribution is -2.36. The smallest absolute Gasteiger partial charge is 0.330 e. The van der Waals surface area contributed by atoms with Crippen LogP contribution in [0.25, 0.3) is 0 Å². The van der Waals surface area contributed by atoms with Crippen LogP contribution >= 0.6 is 0 Å². The SMILES string of the molecule is CC(=O)CCCCCC(=O)ON1C(=O)CC(S(=O)(=O)O)C1=O. The number of carbonyl (C=O) groups excluding carboxylic acids is 4. The van der Waals surface area contributed by atoms with Gasteiger partial charge in [0.15, 0.2) is 5.25 Å². The number of ketones is 1. The fourth-order valence-electron chi connectivity index (χ4n) is 1.88. The molecule has 1 aliphatic heterocycles. The number of amides is 2. The van der Waals surface area contributed by atoms with Gasteiger partial charge in [-0.3, -0.25) is 14.1 Å². The Morgan fingerprint density at radius 2 is 1.82 bits per heavy atom. The van der Waals surface area contributed by atoms with Gasteiger partial charge < -0.3 is 9.63 Å². The van der Waals surface area contributed by atoms with Crippen LogP contribution in [0, 0.1) is 0 Å². The quantitative estimate of drug-likeness (QED) is 0.372. The summed E-state index contributed by atoms with van der Waals surface area (Å²) in [7, 11) is -4.72. The standard InChI is InChI=1S/C12H17NO8S/c1-8(14)5-3-2-4-6-11(16)21-13-10(15)7-9(12(13)17)22(18,19)20/h9H,2-7H2,1H3,(H,18,19,20). The molecule has 0 aromatic carbocycles. The van der Waals surface area contributed by atoms with E-state index in [1.807, 2.05) is 0 Å². The lowest BCUT2D eigenvalue weighted by Gasteiger charge is -2.13. The van der Waals surface area contributed by atoms with Crippen molar-refractivity contribution < 1.29 is 37.0 Å². The van der Waals surface area contributed by atoms with Crippen molar-refractivity contribution in [2.75, 3.05) is 0 Å². The molecule has 1 atom stereocenters. The Morgan fingerprint density at radius 1 is 1.23 bits per heavy atom. The van der Waals surface area contributed by atoms with E-state index in [4.69, 9.17) is 4.55 Å². The molecule has 10 heteroatoms. The van der Waals surface area contributed by atoms with Crippen molar-refractivity contribution in [2.24, 2.45) is 0 Å². The Balaban J connectivity index is 2.43. The van der Waals surface area contributed by atoms with E-state index < -0.39 is 39.6 Å². The van der Waals surface area contributed by atoms with Crippen LogP contribution in [0.3, 0.4) is 0 Å². The molecule has 2 amide bonds. The van der Waals surface area contributed by atoms with Crippen molar-refractivity contribution >= 4 is 33.7 Å². The van der Waals surface area contributed by atoms with Crippen LogP contribution in [0.15, 0.2) is 0 Å². The normalized spacial score (nSPS) is 18.6. The highest BCUT2D eigenvalue weighted by atomic mass is 32.2. The number of hydrogen-bond donors (Lipinski definition) is 1. The average Bonchev–Trinajstić information content (AvgIpc) is 2.65. The van der Waals surface area contributed by atoms with Gasteiger partial charge in [0, 0.05) is 12.8 Å². The minimum atomic E-state index is -4.72. The van der Waals surface area contributed by atoms with Crippen LogP contribution in [0.2, 0.25) is 0 Å². The van der Waals surface area contributed by atoms with Crippen LogP contribution in [0.1, 0.15) is 45.4 Å². The molecule has 22 heavy (non-hydrogen) atoms. The first-order chi connectivity index (χ1) is 10.1. The van der Waals surface area contributed by atoms with Gasteiger partial charge in [-0.15, -0.1) is 5.06 Å². The molecule has 1 N–H and O–H groups in total. The number of imide groups is 1. The number of carbonyl (C=O) groups is 4. The number of unbranched alkanes of at least 4 members (excludes halogenated alkanes) is 2. The topological polar surface area (TPSA) is 135 Å². The Kier molecular flexibility index (Phi) is 6.18. The Bertz CT molecular complexity index is 582. The Labute approximate surface area is 127 Å². The second-order valence-corrected chi connectivity index (χ2v) is 6.56. The van der Waals surface area contributed by atoms with E-state index in [1.54, 1.807) is 0 Å². The highest BCUT2D eigenvalue weighted by Crippen LogP contribution is 2.20. The van der Waals surface area contributed by atoms with Crippen molar-refractivity contribution in [3.05, 3.63) is 0 Å². The van der Waals surface area contributed by atoms with Gasteiger partial charge >= 0.3 is 5.97 Å². The summed E-state index contributed by atoms with van der Waals surface area (Å²) in [5, 5.41) is -1.85. The van der Waals surface area contributed by atoms with Crippen molar-refractivity contribution in [1.29, 1.82) is 0 Å². The maximum atomic E-state index is 11.6. The predicted octanol–water partition coefficient (Wildman–Crippen LogP) is -0.000600. The van der Waals surface area contributed by atoms with Gasteiger partial charge in [-0.25, -0.2) is 4.79 Å². The molecular weight excluding hydrogens is 318 g/mol. The number of nitrogens with zero attached hydrogens (tertiary/aromatic N) is 1. The molecule has 1 heterocycles. The highest BCUT2D eigenvalue weighted by molar-refractivity contribution is 7.87. The number of hydroxylamine groups is 2. The first kappa shape index (κ1) is 18.2. The van der Waals surface area contributed by atoms with Crippen molar-refractivity contribution in [3.63, 3.8) is 0 Å². The number of hydrogen-bond acceptors (Lipinski definition) is 7. The third-order valence-corrected chi connectivity index (χ3v) is 4.11. The third-order valence-electron chi connectivity index (χ3n) is 3.02. The first-order valence-corrected chi connectivity index (χ1v) is 8.16. The van der Waals surface area contributed by atoms with Gasteiger partial charge in [-0.05, 0) is 19.8 Å². The summed E-state index contributed by atoms with van der Waals surface area (Å²) in [6, 6.07) is 0. The van der Waals surface area contributed by atoms with E-state index in [0.29, 0.717) is 25.7 Å². The zero-order valence-electron chi connectivity index (χ0n) is 12.0. The fraction of sp³-hybridized carbons (Fsp3) is 0.667. The molecule has 0 aromatic rings. The highest BCUT2D eigenvalue weighted by Gasteiger charge is 2.48. The molecule has 0 aliphatic carbocycles. The summed E-state index contributed by atoms with van der Waals surface area (Å²) >= 11 is 0. The van der Waals surface area contributed by atoms with Crippen molar-refractivity contribution in [3.8, 4) is 0 Å². The lowest BCUT2D eigenvalue weighted by atomic mass is 10.1. The molecule has 1 rings (SSSR count). The van der Waals surface area contributed by atoms with E-state index in [0.717, 1.165) is 0 Å². The predicted molar refractivity (Wildman–Crippen MR) is 71.7 cm³/mol. The zero-order chi connectivity index (χ0) is 16.9. The monoisotopic (exact) mass is 335 g/mol. The van der Waals surface area contributed by atoms with Crippen LogP contribution in [0.5, 0.6) is 0 Å². The zero-order valence-corrected chi connectivity index (χ0v) is 12.8. The molecule has 0 radical (unpaired) electrons. The molecule has 0 aromatic heterocycles. The fourth-order valence-corrected chi connectivity index (χ4v) is 2.58. The number of rotatable bonds is 8. The summed E-state index contributed by atoms with van der Waals surface area (Å²) in [6.45, 7) is 1.46. The summed E-state index contributed by atoms with van der Waals surface area (Å²) < 4.78 is 30.6. The molecule has 1 saturated heterocycles. The minimum Gasteiger partial charge on any atom is -0.330 e. The van der Waals surface area contributed by atoms with Crippen molar-refractivity contribution in [2.45, 2.75) is 50.7 Å².